The van der Waals surface area contributed by atoms with E-state index in [0.29, 0.717) is 19.3 Å². The van der Waals surface area contributed by atoms with Crippen molar-refractivity contribution >= 4 is 17.9 Å². The van der Waals surface area contributed by atoms with Crippen LogP contribution in [-0.4, -0.2) is 37.2 Å². The first-order chi connectivity index (χ1) is 37.0. The summed E-state index contributed by atoms with van der Waals surface area (Å²) >= 11 is 0. The van der Waals surface area contributed by atoms with Crippen molar-refractivity contribution in [2.75, 3.05) is 13.2 Å². The molecule has 0 aromatic heterocycles. The Labute approximate surface area is 460 Å². The molecule has 0 spiro atoms. The summed E-state index contributed by atoms with van der Waals surface area (Å²) in [5, 5.41) is 0. The highest BCUT2D eigenvalue weighted by Crippen LogP contribution is 2.13. The lowest BCUT2D eigenvalue weighted by Crippen LogP contribution is -2.30. The molecule has 75 heavy (non-hydrogen) atoms. The van der Waals surface area contributed by atoms with Crippen molar-refractivity contribution in [2.45, 2.75) is 245 Å². The number of carbonyl (C=O) groups excluding carboxylic acids is 3. The van der Waals surface area contributed by atoms with Crippen LogP contribution in [0.15, 0.2) is 158 Å². The molecule has 0 aromatic rings. The van der Waals surface area contributed by atoms with Crippen LogP contribution in [0.5, 0.6) is 0 Å². The smallest absolute Gasteiger partial charge is 0.306 e. The molecule has 6 nitrogen and oxygen atoms in total. The predicted molar refractivity (Wildman–Crippen MR) is 325 cm³/mol. The number of esters is 3. The van der Waals surface area contributed by atoms with E-state index in [0.717, 1.165) is 116 Å². The summed E-state index contributed by atoms with van der Waals surface area (Å²) in [6.07, 6.45) is 89.6. The lowest BCUT2D eigenvalue weighted by Gasteiger charge is -2.18. The Bertz CT molecular complexity index is 1710. The average molecular weight is 1030 g/mol. The van der Waals surface area contributed by atoms with E-state index in [1.165, 1.54) is 70.6 Å². The monoisotopic (exact) mass is 1030 g/mol. The SMILES string of the molecule is CC/C=C\C/C=C\C/C=C\C/C=C\C/C=C\C/C=C\CCC(=O)OC[C@H](COC(=O)CCCCCCCCCCC/C=C\C/C=C\CCCCC)OC(=O)CCCCC/C=C\C/C=C\C/C=C\C/C=C\C/C=C\CC. The van der Waals surface area contributed by atoms with Gasteiger partial charge in [-0.1, -0.05) is 243 Å². The number of hydrogen-bond acceptors (Lipinski definition) is 6. The molecule has 0 amide bonds. The van der Waals surface area contributed by atoms with Gasteiger partial charge in [-0.3, -0.25) is 14.4 Å². The van der Waals surface area contributed by atoms with Crippen LogP contribution in [0.25, 0.3) is 0 Å². The van der Waals surface area contributed by atoms with Crippen molar-refractivity contribution in [3.05, 3.63) is 158 Å². The minimum Gasteiger partial charge on any atom is -0.462 e. The molecule has 0 fully saturated rings. The summed E-state index contributed by atoms with van der Waals surface area (Å²) in [5.41, 5.74) is 0. The Hall–Kier alpha value is -4.97. The molecule has 0 saturated heterocycles. The zero-order valence-electron chi connectivity index (χ0n) is 48.0. The van der Waals surface area contributed by atoms with Gasteiger partial charge < -0.3 is 14.2 Å². The molecule has 0 unspecified atom stereocenters. The molecule has 0 aliphatic carbocycles. The molecular weight excluding hydrogens is 925 g/mol. The molecule has 0 radical (unpaired) electrons. The maximum Gasteiger partial charge on any atom is 0.306 e. The van der Waals surface area contributed by atoms with E-state index in [2.05, 4.69) is 167 Å². The maximum absolute atomic E-state index is 12.9. The molecule has 0 aromatic carbocycles. The number of carbonyl (C=O) groups is 3. The van der Waals surface area contributed by atoms with Crippen LogP contribution >= 0.6 is 0 Å². The van der Waals surface area contributed by atoms with Gasteiger partial charge in [-0.05, 0) is 135 Å². The molecule has 0 saturated carbocycles. The summed E-state index contributed by atoms with van der Waals surface area (Å²) in [6, 6.07) is 0. The van der Waals surface area contributed by atoms with Crippen LogP contribution in [0.4, 0.5) is 0 Å². The van der Waals surface area contributed by atoms with E-state index in [1.807, 2.05) is 12.2 Å². The van der Waals surface area contributed by atoms with Gasteiger partial charge in [0.15, 0.2) is 6.10 Å². The van der Waals surface area contributed by atoms with Gasteiger partial charge in [0.2, 0.25) is 0 Å². The van der Waals surface area contributed by atoms with Gasteiger partial charge in [0.25, 0.3) is 0 Å². The fourth-order valence-corrected chi connectivity index (χ4v) is 7.58. The lowest BCUT2D eigenvalue weighted by molar-refractivity contribution is -0.166. The Morgan fingerprint density at radius 3 is 0.907 bits per heavy atom. The summed E-state index contributed by atoms with van der Waals surface area (Å²) in [4.78, 5) is 38.2. The zero-order chi connectivity index (χ0) is 54.3. The number of unbranched alkanes of at least 4 members (excludes halogenated alkanes) is 15. The standard InChI is InChI=1S/C69H108O6/c1-4-7-10-13-16-19-22-25-28-31-34-37-40-43-46-49-52-55-58-61-67(70)73-64-66(75-69(72)63-60-57-54-51-48-45-42-39-36-33-30-27-24-21-18-15-12-9-6-3)65-74-68(71)62-59-56-53-50-47-44-41-38-35-32-29-26-23-20-17-14-11-8-5-2/h7,9-10,12,16-21,25-30,34,36-37,39,43,45-46,48,52,55,66H,4-6,8,11,13-15,22-24,31-33,35,38,40-42,44,47,49-51,53-54,56-65H2,1-3H3/b10-7-,12-9-,19-16-,20-17-,21-18-,28-25-,29-26-,30-27-,37-34-,39-36-,46-43-,48-45-,55-52-/t66-/m1/s1. The van der Waals surface area contributed by atoms with Crippen molar-refractivity contribution in [1.29, 1.82) is 0 Å². The largest absolute Gasteiger partial charge is 0.462 e. The van der Waals surface area contributed by atoms with E-state index in [1.54, 1.807) is 0 Å². The summed E-state index contributed by atoms with van der Waals surface area (Å²) in [7, 11) is 0. The third-order valence-electron chi connectivity index (χ3n) is 12.0. The number of rotatable bonds is 52. The minimum absolute atomic E-state index is 0.124. The van der Waals surface area contributed by atoms with Crippen LogP contribution in [0.2, 0.25) is 0 Å². The van der Waals surface area contributed by atoms with Crippen LogP contribution < -0.4 is 0 Å². The third-order valence-corrected chi connectivity index (χ3v) is 12.0. The normalized spacial score (nSPS) is 13.3. The topological polar surface area (TPSA) is 78.9 Å². The van der Waals surface area contributed by atoms with E-state index < -0.39 is 6.10 Å². The lowest BCUT2D eigenvalue weighted by atomic mass is 10.1. The first-order valence-corrected chi connectivity index (χ1v) is 30.0. The summed E-state index contributed by atoms with van der Waals surface area (Å²) < 4.78 is 16.8. The Morgan fingerprint density at radius 2 is 0.547 bits per heavy atom. The van der Waals surface area contributed by atoms with Crippen molar-refractivity contribution in [2.24, 2.45) is 0 Å². The minimum atomic E-state index is -0.837. The van der Waals surface area contributed by atoms with E-state index in [9.17, 15) is 14.4 Å². The van der Waals surface area contributed by atoms with Crippen LogP contribution in [0, 0.1) is 0 Å². The number of hydrogen-bond donors (Lipinski definition) is 0. The van der Waals surface area contributed by atoms with Crippen LogP contribution in [-0.2, 0) is 28.6 Å². The average Bonchev–Trinajstić information content (AvgIpc) is 3.41. The third kappa shape index (κ3) is 59.8. The van der Waals surface area contributed by atoms with E-state index in [4.69, 9.17) is 14.2 Å². The van der Waals surface area contributed by atoms with Crippen molar-refractivity contribution in [3.63, 3.8) is 0 Å². The number of ether oxygens (including phenoxy) is 3. The first kappa shape index (κ1) is 70.0. The van der Waals surface area contributed by atoms with Gasteiger partial charge in [-0.15, -0.1) is 0 Å². The second-order valence-electron chi connectivity index (χ2n) is 19.1. The summed E-state index contributed by atoms with van der Waals surface area (Å²) in [5.74, 6) is -1.05. The number of allylic oxidation sites excluding steroid dienone is 26. The Balaban J connectivity index is 4.59. The molecule has 1 atom stereocenters. The molecule has 6 heteroatoms. The van der Waals surface area contributed by atoms with Gasteiger partial charge in [-0.25, -0.2) is 0 Å². The fourth-order valence-electron chi connectivity index (χ4n) is 7.58. The van der Waals surface area contributed by atoms with Gasteiger partial charge in [0.1, 0.15) is 13.2 Å². The second-order valence-corrected chi connectivity index (χ2v) is 19.1. The van der Waals surface area contributed by atoms with Gasteiger partial charge in [-0.2, -0.15) is 0 Å². The predicted octanol–water partition coefficient (Wildman–Crippen LogP) is 20.5. The van der Waals surface area contributed by atoms with Crippen molar-refractivity contribution in [1.82, 2.24) is 0 Å². The molecule has 0 bridgehead atoms. The molecule has 0 N–H and O–H groups in total. The first-order valence-electron chi connectivity index (χ1n) is 30.0. The zero-order valence-corrected chi connectivity index (χ0v) is 48.0. The highest BCUT2D eigenvalue weighted by molar-refractivity contribution is 5.71. The molecule has 420 valence electrons. The van der Waals surface area contributed by atoms with E-state index >= 15 is 0 Å². The Kier molecular flexibility index (Phi) is 57.5. The van der Waals surface area contributed by atoms with Crippen LogP contribution in [0.3, 0.4) is 0 Å². The molecule has 0 aliphatic heterocycles. The van der Waals surface area contributed by atoms with Gasteiger partial charge >= 0.3 is 17.9 Å². The Morgan fingerprint density at radius 1 is 0.280 bits per heavy atom. The fraction of sp³-hybridized carbons (Fsp3) is 0.580. The molecule has 0 rings (SSSR count). The highest BCUT2D eigenvalue weighted by Gasteiger charge is 2.19. The molecule has 0 heterocycles. The van der Waals surface area contributed by atoms with Crippen LogP contribution in [0.1, 0.15) is 239 Å². The van der Waals surface area contributed by atoms with Gasteiger partial charge in [0.05, 0.1) is 0 Å². The van der Waals surface area contributed by atoms with Crippen molar-refractivity contribution < 1.29 is 28.6 Å². The quantitative estimate of drug-likeness (QED) is 0.0261. The van der Waals surface area contributed by atoms with E-state index in [-0.39, 0.29) is 44.0 Å². The van der Waals surface area contributed by atoms with Gasteiger partial charge in [0, 0.05) is 19.3 Å². The molecular formula is C69H108O6. The summed E-state index contributed by atoms with van der Waals surface area (Å²) in [6.45, 7) is 6.28. The molecule has 0 aliphatic rings. The second kappa shape index (κ2) is 61.6. The maximum atomic E-state index is 12.9. The highest BCUT2D eigenvalue weighted by atomic mass is 16.6. The van der Waals surface area contributed by atoms with Crippen molar-refractivity contribution in [3.8, 4) is 0 Å².